The zero-order valence-corrected chi connectivity index (χ0v) is 16.9. The Labute approximate surface area is 177 Å². The maximum Gasteiger partial charge on any atom is 0.335 e. The first-order chi connectivity index (χ1) is 13.9. The van der Waals surface area contributed by atoms with Crippen LogP contribution in [0.5, 0.6) is 11.5 Å². The van der Waals surface area contributed by atoms with E-state index in [2.05, 4.69) is 5.92 Å². The number of nitrogens with zero attached hydrogens (tertiary/aromatic N) is 1. The molecular weight excluding hydrogens is 410 g/mol. The minimum absolute atomic E-state index is 0.120. The van der Waals surface area contributed by atoms with Gasteiger partial charge in [0.05, 0.1) is 23.3 Å². The Kier molecular flexibility index (Phi) is 6.22. The molecule has 1 saturated heterocycles. The Morgan fingerprint density at radius 2 is 2.00 bits per heavy atom. The molecule has 29 heavy (non-hydrogen) atoms. The molecule has 0 spiro atoms. The molecule has 6 nitrogen and oxygen atoms in total. The zero-order valence-electron chi connectivity index (χ0n) is 15.2. The van der Waals surface area contributed by atoms with Crippen LogP contribution in [0, 0.1) is 12.3 Å². The Bertz CT molecular complexity index is 1050. The van der Waals surface area contributed by atoms with Gasteiger partial charge in [-0.1, -0.05) is 36.0 Å². The molecule has 0 atom stereocenters. The number of hydrogen-bond acceptors (Lipinski definition) is 6. The first-order valence-corrected chi connectivity index (χ1v) is 9.52. The lowest BCUT2D eigenvalue weighted by atomic mass is 10.1. The van der Waals surface area contributed by atoms with E-state index in [-0.39, 0.29) is 18.1 Å². The molecule has 0 saturated carbocycles. The van der Waals surface area contributed by atoms with Crippen molar-refractivity contribution in [2.75, 3.05) is 18.6 Å². The van der Waals surface area contributed by atoms with Gasteiger partial charge in [-0.25, -0.2) is 4.79 Å². The van der Waals surface area contributed by atoms with Crippen LogP contribution in [-0.2, 0) is 4.79 Å². The third-order valence-electron chi connectivity index (χ3n) is 3.96. The molecule has 2 aromatic carbocycles. The average molecular weight is 425 g/mol. The number of terminal acetylenes is 1. The third kappa shape index (κ3) is 4.42. The van der Waals surface area contributed by atoms with E-state index in [0.29, 0.717) is 26.4 Å². The van der Waals surface area contributed by atoms with Gasteiger partial charge in [0.2, 0.25) is 0 Å². The lowest BCUT2D eigenvalue weighted by Gasteiger charge is -2.14. The number of thioether (sulfide) groups is 1. The molecule has 2 aromatic rings. The summed E-state index contributed by atoms with van der Waals surface area (Å²) in [6.45, 7) is 0.120. The number of carbonyl (C=O) groups excluding carboxylic acids is 1. The maximum atomic E-state index is 12.9. The van der Waals surface area contributed by atoms with Gasteiger partial charge < -0.3 is 14.6 Å². The molecule has 0 bridgehead atoms. The smallest absolute Gasteiger partial charge is 0.335 e. The number of amides is 1. The minimum Gasteiger partial charge on any atom is -0.493 e. The molecule has 1 amide bonds. The van der Waals surface area contributed by atoms with Crippen LogP contribution in [0.25, 0.3) is 6.08 Å². The molecule has 1 fully saturated rings. The molecule has 0 aromatic heterocycles. The number of benzene rings is 2. The molecule has 0 radical (unpaired) electrons. The molecule has 1 aliphatic heterocycles. The van der Waals surface area contributed by atoms with E-state index in [0.717, 1.165) is 5.56 Å². The number of carboxylic acid groups (broad SMARTS) is 1. The monoisotopic (exact) mass is 425 g/mol. The summed E-state index contributed by atoms with van der Waals surface area (Å²) in [7, 11) is 1.52. The van der Waals surface area contributed by atoms with E-state index < -0.39 is 5.97 Å². The highest BCUT2D eigenvalue weighted by Gasteiger charge is 2.33. The number of carboxylic acids is 1. The first kappa shape index (κ1) is 20.5. The van der Waals surface area contributed by atoms with Crippen molar-refractivity contribution >= 4 is 51.9 Å². The third-order valence-corrected chi connectivity index (χ3v) is 5.26. The predicted molar refractivity (Wildman–Crippen MR) is 116 cm³/mol. The number of ether oxygens (including phenoxy) is 2. The van der Waals surface area contributed by atoms with Crippen LogP contribution in [0.15, 0.2) is 47.4 Å². The van der Waals surface area contributed by atoms with Gasteiger partial charge in [0, 0.05) is 0 Å². The molecular formula is C21H15NO5S2. The number of methoxy groups -OCH3 is 1. The van der Waals surface area contributed by atoms with Crippen molar-refractivity contribution < 1.29 is 24.2 Å². The summed E-state index contributed by atoms with van der Waals surface area (Å²) >= 11 is 6.51. The Morgan fingerprint density at radius 1 is 1.28 bits per heavy atom. The fourth-order valence-corrected chi connectivity index (χ4v) is 3.91. The summed E-state index contributed by atoms with van der Waals surface area (Å²) in [5.41, 5.74) is 1.38. The van der Waals surface area contributed by atoms with Crippen LogP contribution in [0.1, 0.15) is 15.9 Å². The van der Waals surface area contributed by atoms with Crippen LogP contribution in [0.3, 0.4) is 0 Å². The second-order valence-corrected chi connectivity index (χ2v) is 7.45. The number of carbonyl (C=O) groups is 2. The van der Waals surface area contributed by atoms with E-state index in [1.165, 1.54) is 35.9 Å². The Hall–Kier alpha value is -3.28. The first-order valence-electron chi connectivity index (χ1n) is 8.30. The second-order valence-electron chi connectivity index (χ2n) is 5.77. The highest BCUT2D eigenvalue weighted by Crippen LogP contribution is 2.37. The van der Waals surface area contributed by atoms with Crippen molar-refractivity contribution in [2.24, 2.45) is 0 Å². The topological polar surface area (TPSA) is 76.1 Å². The molecule has 1 N–H and O–H groups in total. The standard InChI is InChI=1S/C21H15NO5S2/c1-3-10-27-16-9-4-13(11-17(16)26-2)12-18-19(23)22(21(28)29-18)15-7-5-14(6-8-15)20(24)25/h1,4-9,11-12H,10H2,2H3,(H,24,25)/b18-12-. The summed E-state index contributed by atoms with van der Waals surface area (Å²) in [5, 5.41) is 9.01. The van der Waals surface area contributed by atoms with Gasteiger partial charge in [-0.2, -0.15) is 0 Å². The van der Waals surface area contributed by atoms with Crippen molar-refractivity contribution in [1.82, 2.24) is 0 Å². The van der Waals surface area contributed by atoms with E-state index in [1.54, 1.807) is 36.4 Å². The van der Waals surface area contributed by atoms with Crippen LogP contribution >= 0.6 is 24.0 Å². The zero-order chi connectivity index (χ0) is 21.0. The van der Waals surface area contributed by atoms with Crippen LogP contribution in [0.2, 0.25) is 0 Å². The van der Waals surface area contributed by atoms with Crippen LogP contribution < -0.4 is 14.4 Å². The molecule has 1 aliphatic rings. The fourth-order valence-electron chi connectivity index (χ4n) is 2.61. The Morgan fingerprint density at radius 3 is 2.62 bits per heavy atom. The highest BCUT2D eigenvalue weighted by atomic mass is 32.2. The normalized spacial score (nSPS) is 14.8. The number of thiocarbonyl (C=S) groups is 1. The molecule has 0 aliphatic carbocycles. The van der Waals surface area contributed by atoms with Crippen LogP contribution in [0.4, 0.5) is 5.69 Å². The van der Waals surface area contributed by atoms with Gasteiger partial charge in [-0.3, -0.25) is 9.69 Å². The van der Waals surface area contributed by atoms with E-state index in [4.69, 9.17) is 33.2 Å². The predicted octanol–water partition coefficient (Wildman–Crippen LogP) is 3.81. The summed E-state index contributed by atoms with van der Waals surface area (Å²) in [6.07, 6.45) is 6.91. The Balaban J connectivity index is 1.86. The number of aromatic carboxylic acids is 1. The summed E-state index contributed by atoms with van der Waals surface area (Å²) in [4.78, 5) is 25.7. The maximum absolute atomic E-state index is 12.9. The van der Waals surface area contributed by atoms with Crippen molar-refractivity contribution in [1.29, 1.82) is 0 Å². The van der Waals surface area contributed by atoms with Gasteiger partial charge in [0.1, 0.15) is 6.61 Å². The molecule has 3 rings (SSSR count). The van der Waals surface area contributed by atoms with Gasteiger partial charge in [0.15, 0.2) is 15.8 Å². The highest BCUT2D eigenvalue weighted by molar-refractivity contribution is 8.27. The average Bonchev–Trinajstić information content (AvgIpc) is 2.99. The number of hydrogen-bond donors (Lipinski definition) is 1. The van der Waals surface area contributed by atoms with Crippen LogP contribution in [-0.4, -0.2) is 35.0 Å². The van der Waals surface area contributed by atoms with Gasteiger partial charge in [-0.15, -0.1) is 6.42 Å². The molecule has 8 heteroatoms. The summed E-state index contributed by atoms with van der Waals surface area (Å²) in [6, 6.07) is 11.2. The quantitative estimate of drug-likeness (QED) is 0.428. The van der Waals surface area contributed by atoms with Crippen molar-refractivity contribution in [3.8, 4) is 23.8 Å². The van der Waals surface area contributed by atoms with Gasteiger partial charge in [0.25, 0.3) is 5.91 Å². The van der Waals surface area contributed by atoms with Crippen molar-refractivity contribution in [2.45, 2.75) is 0 Å². The fraction of sp³-hybridized carbons (Fsp3) is 0.0952. The van der Waals surface area contributed by atoms with Crippen molar-refractivity contribution in [3.05, 3.63) is 58.5 Å². The minimum atomic E-state index is -1.04. The van der Waals surface area contributed by atoms with Crippen molar-refractivity contribution in [3.63, 3.8) is 0 Å². The van der Waals surface area contributed by atoms with Gasteiger partial charge >= 0.3 is 5.97 Å². The summed E-state index contributed by atoms with van der Waals surface area (Å²) < 4.78 is 11.1. The molecule has 0 unspecified atom stereocenters. The molecule has 1 heterocycles. The largest absolute Gasteiger partial charge is 0.493 e. The summed E-state index contributed by atoms with van der Waals surface area (Å²) in [5.74, 6) is 2.07. The van der Waals surface area contributed by atoms with Gasteiger partial charge in [-0.05, 0) is 48.0 Å². The van der Waals surface area contributed by atoms with E-state index >= 15 is 0 Å². The number of anilines is 1. The lowest BCUT2D eigenvalue weighted by molar-refractivity contribution is -0.113. The SMILES string of the molecule is C#CCOc1ccc(/C=C2\SC(=S)N(c3ccc(C(=O)O)cc3)C2=O)cc1OC. The molecule has 146 valence electrons. The van der Waals surface area contributed by atoms with E-state index in [1.807, 2.05) is 0 Å². The lowest BCUT2D eigenvalue weighted by Crippen LogP contribution is -2.27. The number of rotatable bonds is 6. The van der Waals surface area contributed by atoms with E-state index in [9.17, 15) is 9.59 Å². The second kappa shape index (κ2) is 8.82.